The summed E-state index contributed by atoms with van der Waals surface area (Å²) in [6, 6.07) is 0.286. The maximum absolute atomic E-state index is 12.4. The van der Waals surface area contributed by atoms with E-state index in [1.807, 2.05) is 0 Å². The predicted octanol–water partition coefficient (Wildman–Crippen LogP) is 1.60. The molecule has 1 aliphatic heterocycles. The van der Waals surface area contributed by atoms with Crippen molar-refractivity contribution in [2.24, 2.45) is 17.8 Å². The van der Waals surface area contributed by atoms with E-state index in [0.29, 0.717) is 37.8 Å². The van der Waals surface area contributed by atoms with Crippen LogP contribution in [0.1, 0.15) is 46.0 Å². The molecule has 0 aromatic heterocycles. The number of piperidine rings is 1. The van der Waals surface area contributed by atoms with Crippen LogP contribution in [0.15, 0.2) is 0 Å². The quantitative estimate of drug-likeness (QED) is 0.860. The van der Waals surface area contributed by atoms with Crippen molar-refractivity contribution in [2.45, 2.75) is 52.0 Å². The average molecular weight is 316 g/mol. The molecule has 0 spiro atoms. The van der Waals surface area contributed by atoms with Gasteiger partial charge < -0.3 is 5.32 Å². The Kier molecular flexibility index (Phi) is 5.30. The Hall–Kier alpha value is -0.620. The van der Waals surface area contributed by atoms with Crippen LogP contribution >= 0.6 is 0 Å². The number of carbonyl (C=O) groups is 1. The summed E-state index contributed by atoms with van der Waals surface area (Å²) in [5, 5.41) is 3.22. The van der Waals surface area contributed by atoms with Crippen molar-refractivity contribution in [3.8, 4) is 0 Å². The third-order valence-corrected chi connectivity index (χ3v) is 6.63. The number of carbonyl (C=O) groups excluding carboxylic acids is 1. The number of rotatable bonds is 3. The summed E-state index contributed by atoms with van der Waals surface area (Å²) in [4.78, 5) is 12.4. The SMILES string of the molecule is CC1CCCC(NC(=O)C2CCN(S(C)(=O)=O)CC2)C1C. The van der Waals surface area contributed by atoms with Crippen LogP contribution in [0.2, 0.25) is 0 Å². The van der Waals surface area contributed by atoms with Crippen molar-refractivity contribution < 1.29 is 13.2 Å². The van der Waals surface area contributed by atoms with Gasteiger partial charge in [-0.1, -0.05) is 26.7 Å². The van der Waals surface area contributed by atoms with Gasteiger partial charge >= 0.3 is 0 Å². The molecule has 1 heterocycles. The van der Waals surface area contributed by atoms with Gasteiger partial charge in [0.05, 0.1) is 6.26 Å². The number of hydrogen-bond acceptors (Lipinski definition) is 3. The van der Waals surface area contributed by atoms with Gasteiger partial charge in [-0.15, -0.1) is 0 Å². The molecule has 1 N–H and O–H groups in total. The maximum atomic E-state index is 12.4. The van der Waals surface area contributed by atoms with Crippen LogP contribution in [0.5, 0.6) is 0 Å². The van der Waals surface area contributed by atoms with E-state index in [1.54, 1.807) is 0 Å². The molecule has 2 aliphatic rings. The summed E-state index contributed by atoms with van der Waals surface area (Å²) in [5.41, 5.74) is 0. The first-order valence-corrected chi connectivity index (χ1v) is 9.89. The molecule has 0 bridgehead atoms. The molecule has 1 aliphatic carbocycles. The number of sulfonamides is 1. The Balaban J connectivity index is 1.85. The lowest BCUT2D eigenvalue weighted by molar-refractivity contribution is -0.127. The molecule has 1 saturated heterocycles. The molecule has 0 aromatic carbocycles. The van der Waals surface area contributed by atoms with Crippen LogP contribution < -0.4 is 5.32 Å². The average Bonchev–Trinajstić information content (AvgIpc) is 2.43. The molecule has 6 heteroatoms. The van der Waals surface area contributed by atoms with Gasteiger partial charge in [0.1, 0.15) is 0 Å². The zero-order chi connectivity index (χ0) is 15.6. The highest BCUT2D eigenvalue weighted by atomic mass is 32.2. The summed E-state index contributed by atoms with van der Waals surface area (Å²) in [6.45, 7) is 5.41. The lowest BCUT2D eigenvalue weighted by atomic mass is 9.78. The van der Waals surface area contributed by atoms with E-state index < -0.39 is 10.0 Å². The number of hydrogen-bond donors (Lipinski definition) is 1. The molecule has 1 amide bonds. The highest BCUT2D eigenvalue weighted by Crippen LogP contribution is 2.30. The normalized spacial score (nSPS) is 32.8. The Morgan fingerprint density at radius 1 is 1.10 bits per heavy atom. The molecule has 0 radical (unpaired) electrons. The molecule has 2 rings (SSSR count). The van der Waals surface area contributed by atoms with Crippen LogP contribution in [-0.2, 0) is 14.8 Å². The third-order valence-electron chi connectivity index (χ3n) is 5.33. The van der Waals surface area contributed by atoms with Crippen molar-refractivity contribution >= 4 is 15.9 Å². The molecule has 1 saturated carbocycles. The minimum absolute atomic E-state index is 0.0348. The van der Waals surface area contributed by atoms with Crippen molar-refractivity contribution in [1.82, 2.24) is 9.62 Å². The molecule has 3 atom stereocenters. The molecular weight excluding hydrogens is 288 g/mol. The van der Waals surface area contributed by atoms with E-state index in [9.17, 15) is 13.2 Å². The highest BCUT2D eigenvalue weighted by Gasteiger charge is 2.32. The monoisotopic (exact) mass is 316 g/mol. The Bertz CT molecular complexity index is 469. The Labute approximate surface area is 128 Å². The fourth-order valence-electron chi connectivity index (χ4n) is 3.54. The van der Waals surface area contributed by atoms with Gasteiger partial charge in [-0.05, 0) is 31.1 Å². The van der Waals surface area contributed by atoms with Gasteiger partial charge in [0, 0.05) is 25.0 Å². The van der Waals surface area contributed by atoms with E-state index in [4.69, 9.17) is 0 Å². The van der Waals surface area contributed by atoms with E-state index in [2.05, 4.69) is 19.2 Å². The van der Waals surface area contributed by atoms with Gasteiger partial charge in [-0.25, -0.2) is 12.7 Å². The number of nitrogens with zero attached hydrogens (tertiary/aromatic N) is 1. The summed E-state index contributed by atoms with van der Waals surface area (Å²) >= 11 is 0. The van der Waals surface area contributed by atoms with Crippen molar-refractivity contribution in [2.75, 3.05) is 19.3 Å². The van der Waals surface area contributed by atoms with Crippen LogP contribution in [0.25, 0.3) is 0 Å². The van der Waals surface area contributed by atoms with E-state index in [-0.39, 0.29) is 17.9 Å². The molecule has 0 aromatic rings. The van der Waals surface area contributed by atoms with Crippen LogP contribution in [0, 0.1) is 17.8 Å². The highest BCUT2D eigenvalue weighted by molar-refractivity contribution is 7.88. The molecule has 2 fully saturated rings. The van der Waals surface area contributed by atoms with E-state index >= 15 is 0 Å². The summed E-state index contributed by atoms with van der Waals surface area (Å²) < 4.78 is 24.4. The molecule has 21 heavy (non-hydrogen) atoms. The third kappa shape index (κ3) is 4.19. The zero-order valence-electron chi connectivity index (χ0n) is 13.3. The lowest BCUT2D eigenvalue weighted by Gasteiger charge is -2.36. The van der Waals surface area contributed by atoms with Gasteiger partial charge in [0.2, 0.25) is 15.9 Å². The molecular formula is C15H28N2O3S. The molecule has 122 valence electrons. The first-order chi connectivity index (χ1) is 9.79. The summed E-state index contributed by atoms with van der Waals surface area (Å²) in [6.07, 6.45) is 6.01. The second-order valence-electron chi connectivity index (χ2n) is 6.82. The zero-order valence-corrected chi connectivity index (χ0v) is 14.2. The van der Waals surface area contributed by atoms with E-state index in [1.165, 1.54) is 23.4 Å². The molecule has 3 unspecified atom stereocenters. The van der Waals surface area contributed by atoms with Crippen LogP contribution in [-0.4, -0.2) is 44.0 Å². The lowest BCUT2D eigenvalue weighted by Crippen LogP contribution is -2.48. The van der Waals surface area contributed by atoms with Crippen LogP contribution in [0.4, 0.5) is 0 Å². The number of amides is 1. The van der Waals surface area contributed by atoms with Crippen molar-refractivity contribution in [3.63, 3.8) is 0 Å². The summed E-state index contributed by atoms with van der Waals surface area (Å²) in [7, 11) is -3.12. The van der Waals surface area contributed by atoms with Gasteiger partial charge in [-0.2, -0.15) is 0 Å². The largest absolute Gasteiger partial charge is 0.353 e. The topological polar surface area (TPSA) is 66.5 Å². The van der Waals surface area contributed by atoms with Gasteiger partial charge in [0.25, 0.3) is 0 Å². The standard InChI is InChI=1S/C15H28N2O3S/c1-11-5-4-6-14(12(11)2)16-15(18)13-7-9-17(10-8-13)21(3,19)20/h11-14H,4-10H2,1-3H3,(H,16,18). The first kappa shape index (κ1) is 16.7. The second-order valence-corrected chi connectivity index (χ2v) is 8.80. The van der Waals surface area contributed by atoms with E-state index in [0.717, 1.165) is 6.42 Å². The molecule has 5 nitrogen and oxygen atoms in total. The Morgan fingerprint density at radius 2 is 1.71 bits per heavy atom. The van der Waals surface area contributed by atoms with Gasteiger partial charge in [0.15, 0.2) is 0 Å². The maximum Gasteiger partial charge on any atom is 0.223 e. The number of nitrogens with one attached hydrogen (secondary N) is 1. The van der Waals surface area contributed by atoms with Crippen molar-refractivity contribution in [3.05, 3.63) is 0 Å². The minimum Gasteiger partial charge on any atom is -0.353 e. The fraction of sp³-hybridized carbons (Fsp3) is 0.933. The van der Waals surface area contributed by atoms with Gasteiger partial charge in [-0.3, -0.25) is 4.79 Å². The van der Waals surface area contributed by atoms with Crippen molar-refractivity contribution in [1.29, 1.82) is 0 Å². The fourth-order valence-corrected chi connectivity index (χ4v) is 4.41. The summed E-state index contributed by atoms with van der Waals surface area (Å²) in [5.74, 6) is 1.27. The Morgan fingerprint density at radius 3 is 2.29 bits per heavy atom. The first-order valence-electron chi connectivity index (χ1n) is 8.04. The van der Waals surface area contributed by atoms with Crippen LogP contribution in [0.3, 0.4) is 0 Å². The second kappa shape index (κ2) is 6.65. The minimum atomic E-state index is -3.12. The smallest absolute Gasteiger partial charge is 0.223 e. The predicted molar refractivity (Wildman–Crippen MR) is 83.3 cm³/mol.